The maximum Gasteiger partial charge on any atom is 0.281 e. The molecule has 1 amide bonds. The van der Waals surface area contributed by atoms with E-state index in [0.717, 1.165) is 19.5 Å². The molecule has 0 aromatic carbocycles. The summed E-state index contributed by atoms with van der Waals surface area (Å²) in [5, 5.41) is 15.1. The molecule has 4 heterocycles. The molecular formula is C17H21N7O2. The molecule has 0 unspecified atom stereocenters. The van der Waals surface area contributed by atoms with Crippen molar-refractivity contribution in [1.29, 1.82) is 0 Å². The molecular weight excluding hydrogens is 334 g/mol. The first-order valence-electron chi connectivity index (χ1n) is 8.87. The Morgan fingerprint density at radius 2 is 2.23 bits per heavy atom. The summed E-state index contributed by atoms with van der Waals surface area (Å²) >= 11 is 0. The number of nitrogens with zero attached hydrogens (tertiary/aromatic N) is 6. The number of hydrogen-bond acceptors (Lipinski definition) is 6. The zero-order valence-corrected chi connectivity index (χ0v) is 14.6. The van der Waals surface area contributed by atoms with Crippen molar-refractivity contribution in [3.8, 4) is 0 Å². The van der Waals surface area contributed by atoms with Crippen LogP contribution in [0.5, 0.6) is 0 Å². The Bertz CT molecular complexity index is 1010. The van der Waals surface area contributed by atoms with Crippen molar-refractivity contribution in [2.75, 3.05) is 19.6 Å². The number of likely N-dealkylation sites (tertiary alicyclic amines) is 1. The summed E-state index contributed by atoms with van der Waals surface area (Å²) in [4.78, 5) is 27.3. The first-order valence-corrected chi connectivity index (χ1v) is 8.87. The number of aromatic nitrogens is 5. The van der Waals surface area contributed by atoms with Gasteiger partial charge in [-0.25, -0.2) is 4.52 Å². The van der Waals surface area contributed by atoms with E-state index in [1.54, 1.807) is 29.0 Å². The highest BCUT2D eigenvalue weighted by Gasteiger charge is 2.23. The van der Waals surface area contributed by atoms with Crippen LogP contribution in [-0.2, 0) is 11.3 Å². The molecule has 26 heavy (non-hydrogen) atoms. The molecule has 9 heteroatoms. The second kappa shape index (κ2) is 6.83. The Kier molecular flexibility index (Phi) is 4.37. The van der Waals surface area contributed by atoms with E-state index >= 15 is 0 Å². The number of nitrogens with one attached hydrogen (secondary N) is 1. The number of pyridine rings is 1. The molecule has 9 nitrogen and oxygen atoms in total. The van der Waals surface area contributed by atoms with Gasteiger partial charge in [0.1, 0.15) is 12.1 Å². The van der Waals surface area contributed by atoms with Crippen molar-refractivity contribution < 1.29 is 4.79 Å². The van der Waals surface area contributed by atoms with Gasteiger partial charge in [0.25, 0.3) is 5.56 Å². The highest BCUT2D eigenvalue weighted by molar-refractivity contribution is 5.77. The smallest absolute Gasteiger partial charge is 0.281 e. The van der Waals surface area contributed by atoms with Crippen molar-refractivity contribution >= 4 is 22.6 Å². The van der Waals surface area contributed by atoms with Crippen molar-refractivity contribution in [3.63, 3.8) is 0 Å². The minimum atomic E-state index is -0.349. The first kappa shape index (κ1) is 16.6. The molecule has 1 saturated heterocycles. The summed E-state index contributed by atoms with van der Waals surface area (Å²) in [6.07, 6.45) is 5.46. The molecule has 3 aromatic heterocycles. The summed E-state index contributed by atoms with van der Waals surface area (Å²) in [5.41, 5.74) is 0.999. The van der Waals surface area contributed by atoms with Gasteiger partial charge in [-0.15, -0.1) is 10.2 Å². The SMILES string of the molecule is CCN1CCC[C@H]1CNC(=O)Cn1ccc2c(nnc3ccnn32)c1=O. The van der Waals surface area contributed by atoms with Gasteiger partial charge in [0.05, 0.1) is 6.20 Å². The van der Waals surface area contributed by atoms with Gasteiger partial charge < -0.3 is 9.88 Å². The Labute approximate surface area is 149 Å². The lowest BCUT2D eigenvalue weighted by Crippen LogP contribution is -2.41. The molecule has 0 bridgehead atoms. The van der Waals surface area contributed by atoms with Crippen LogP contribution in [0.2, 0.25) is 0 Å². The van der Waals surface area contributed by atoms with Gasteiger partial charge >= 0.3 is 0 Å². The van der Waals surface area contributed by atoms with Gasteiger partial charge in [-0.3, -0.25) is 14.5 Å². The maximum atomic E-state index is 12.6. The monoisotopic (exact) mass is 355 g/mol. The van der Waals surface area contributed by atoms with E-state index in [4.69, 9.17) is 0 Å². The summed E-state index contributed by atoms with van der Waals surface area (Å²) in [6, 6.07) is 3.83. The molecule has 0 spiro atoms. The van der Waals surface area contributed by atoms with Crippen LogP contribution in [-0.4, -0.2) is 60.9 Å². The summed E-state index contributed by atoms with van der Waals surface area (Å²) < 4.78 is 2.92. The van der Waals surface area contributed by atoms with E-state index in [1.807, 2.05) is 0 Å². The van der Waals surface area contributed by atoms with Gasteiger partial charge in [-0.1, -0.05) is 6.92 Å². The number of carbonyl (C=O) groups is 1. The zero-order valence-electron chi connectivity index (χ0n) is 14.6. The number of fused-ring (bicyclic) bond motifs is 3. The third-order valence-corrected chi connectivity index (χ3v) is 4.98. The third-order valence-electron chi connectivity index (χ3n) is 4.98. The van der Waals surface area contributed by atoms with Gasteiger partial charge in [0.2, 0.25) is 5.91 Å². The van der Waals surface area contributed by atoms with Crippen molar-refractivity contribution in [1.82, 2.24) is 34.6 Å². The second-order valence-corrected chi connectivity index (χ2v) is 6.51. The largest absolute Gasteiger partial charge is 0.353 e. The molecule has 136 valence electrons. The predicted molar refractivity (Wildman–Crippen MR) is 95.8 cm³/mol. The van der Waals surface area contributed by atoms with Gasteiger partial charge in [0.15, 0.2) is 11.2 Å². The van der Waals surface area contributed by atoms with Crippen molar-refractivity contribution in [2.45, 2.75) is 32.4 Å². The molecule has 3 aromatic rings. The van der Waals surface area contributed by atoms with Crippen LogP contribution in [0.1, 0.15) is 19.8 Å². The molecule has 1 atom stereocenters. The number of likely N-dealkylation sites (N-methyl/N-ethyl adjacent to an activating group) is 1. The molecule has 0 saturated carbocycles. The molecule has 1 aliphatic heterocycles. The average Bonchev–Trinajstić information content (AvgIpc) is 3.30. The topological polar surface area (TPSA) is 97.4 Å². The fourth-order valence-corrected chi connectivity index (χ4v) is 3.59. The lowest BCUT2D eigenvalue weighted by Gasteiger charge is -2.22. The van der Waals surface area contributed by atoms with Crippen LogP contribution in [0.15, 0.2) is 29.3 Å². The lowest BCUT2D eigenvalue weighted by molar-refractivity contribution is -0.121. The van der Waals surface area contributed by atoms with Crippen molar-refractivity contribution in [3.05, 3.63) is 34.9 Å². The number of amides is 1. The van der Waals surface area contributed by atoms with Gasteiger partial charge in [-0.2, -0.15) is 5.10 Å². The van der Waals surface area contributed by atoms with Crippen LogP contribution in [0, 0.1) is 0 Å². The molecule has 4 rings (SSSR count). The normalized spacial score (nSPS) is 18.0. The van der Waals surface area contributed by atoms with Crippen LogP contribution in [0.3, 0.4) is 0 Å². The minimum Gasteiger partial charge on any atom is -0.353 e. The minimum absolute atomic E-state index is 0.0353. The Morgan fingerprint density at radius 3 is 3.08 bits per heavy atom. The van der Waals surface area contributed by atoms with Crippen molar-refractivity contribution in [2.24, 2.45) is 0 Å². The molecule has 1 fully saturated rings. The number of rotatable bonds is 5. The highest BCUT2D eigenvalue weighted by atomic mass is 16.2. The second-order valence-electron chi connectivity index (χ2n) is 6.51. The standard InChI is InChI=1S/C17H21N7O2/c1-2-22-8-3-4-12(22)10-18-15(25)11-23-9-6-13-16(17(23)26)21-20-14-5-7-19-24(13)14/h5-7,9,12H,2-4,8,10-11H2,1H3,(H,18,25)/t12-/m0/s1. The molecule has 0 radical (unpaired) electrons. The van der Waals surface area contributed by atoms with E-state index in [-0.39, 0.29) is 23.5 Å². The van der Waals surface area contributed by atoms with E-state index in [1.165, 1.54) is 11.0 Å². The Morgan fingerprint density at radius 1 is 1.35 bits per heavy atom. The summed E-state index contributed by atoms with van der Waals surface area (Å²) in [6.45, 7) is 4.79. The Balaban J connectivity index is 1.50. The third kappa shape index (κ3) is 2.94. The van der Waals surface area contributed by atoms with Gasteiger partial charge in [0, 0.05) is 24.8 Å². The fraction of sp³-hybridized carbons (Fsp3) is 0.471. The summed E-state index contributed by atoms with van der Waals surface area (Å²) in [7, 11) is 0. The first-order chi connectivity index (χ1) is 12.7. The Hall–Kier alpha value is -2.81. The van der Waals surface area contributed by atoms with Gasteiger partial charge in [-0.05, 0) is 32.0 Å². The molecule has 1 aliphatic rings. The lowest BCUT2D eigenvalue weighted by atomic mass is 10.2. The number of hydrogen-bond donors (Lipinski definition) is 1. The van der Waals surface area contributed by atoms with Crippen LogP contribution >= 0.6 is 0 Å². The van der Waals surface area contributed by atoms with E-state index in [9.17, 15) is 9.59 Å². The molecule has 0 aliphatic carbocycles. The summed E-state index contributed by atoms with van der Waals surface area (Å²) in [5.74, 6) is -0.178. The van der Waals surface area contributed by atoms with Crippen LogP contribution in [0.25, 0.3) is 16.7 Å². The molecule has 1 N–H and O–H groups in total. The fourth-order valence-electron chi connectivity index (χ4n) is 3.59. The zero-order chi connectivity index (χ0) is 18.1. The van der Waals surface area contributed by atoms with E-state index in [0.29, 0.717) is 23.8 Å². The quantitative estimate of drug-likeness (QED) is 0.694. The van der Waals surface area contributed by atoms with Crippen LogP contribution < -0.4 is 10.9 Å². The van der Waals surface area contributed by atoms with E-state index in [2.05, 4.69) is 32.4 Å². The highest BCUT2D eigenvalue weighted by Crippen LogP contribution is 2.15. The maximum absolute atomic E-state index is 12.6. The predicted octanol–water partition coefficient (Wildman–Crippen LogP) is 0.0397. The van der Waals surface area contributed by atoms with E-state index < -0.39 is 0 Å². The number of carbonyl (C=O) groups excluding carboxylic acids is 1. The van der Waals surface area contributed by atoms with Crippen LogP contribution in [0.4, 0.5) is 0 Å². The average molecular weight is 355 g/mol.